The Bertz CT molecular complexity index is 979. The molecule has 1 amide bonds. The van der Waals surface area contributed by atoms with Gasteiger partial charge >= 0.3 is 0 Å². The average molecular weight is 416 g/mol. The van der Waals surface area contributed by atoms with Gasteiger partial charge in [-0.2, -0.15) is 0 Å². The van der Waals surface area contributed by atoms with Crippen molar-refractivity contribution in [3.05, 3.63) is 59.2 Å². The van der Waals surface area contributed by atoms with Gasteiger partial charge < -0.3 is 9.80 Å². The summed E-state index contributed by atoms with van der Waals surface area (Å²) < 4.78 is 28.3. The molecule has 0 radical (unpaired) electrons. The summed E-state index contributed by atoms with van der Waals surface area (Å²) in [7, 11) is -1.86. The maximum absolute atomic E-state index is 13.5. The number of benzene rings is 2. The molecule has 0 aliphatic carbocycles. The van der Waals surface area contributed by atoms with Crippen LogP contribution in [0.2, 0.25) is 0 Å². The summed E-state index contributed by atoms with van der Waals surface area (Å²) in [4.78, 5) is 17.1. The Balaban J connectivity index is 1.99. The van der Waals surface area contributed by atoms with Crippen LogP contribution >= 0.6 is 0 Å². The van der Waals surface area contributed by atoms with Gasteiger partial charge in [0, 0.05) is 26.2 Å². The first kappa shape index (κ1) is 21.3. The molecule has 0 bridgehead atoms. The Morgan fingerprint density at radius 2 is 1.59 bits per heavy atom. The molecule has 0 spiro atoms. The van der Waals surface area contributed by atoms with Crippen LogP contribution in [-0.2, 0) is 14.8 Å². The summed E-state index contributed by atoms with van der Waals surface area (Å²) in [6, 6.07) is 12.3. The summed E-state index contributed by atoms with van der Waals surface area (Å²) >= 11 is 0. The minimum atomic E-state index is -3.88. The fraction of sp³-hybridized carbons (Fsp3) is 0.409. The van der Waals surface area contributed by atoms with Crippen LogP contribution in [0.4, 0.5) is 5.69 Å². The molecule has 2 aromatic carbocycles. The first-order valence-electron chi connectivity index (χ1n) is 9.82. The van der Waals surface area contributed by atoms with Crippen molar-refractivity contribution in [2.24, 2.45) is 0 Å². The lowest BCUT2D eigenvalue weighted by atomic mass is 10.1. The minimum Gasteiger partial charge on any atom is -0.339 e. The quantitative estimate of drug-likeness (QED) is 0.753. The molecule has 1 aliphatic rings. The number of hydrogen-bond donors (Lipinski definition) is 0. The molecule has 0 atom stereocenters. The molecule has 1 saturated heterocycles. The summed E-state index contributed by atoms with van der Waals surface area (Å²) in [5.41, 5.74) is 3.37. The van der Waals surface area contributed by atoms with Crippen LogP contribution in [0.3, 0.4) is 0 Å². The number of likely N-dealkylation sites (N-methyl/N-ethyl adjacent to an activating group) is 1. The van der Waals surface area contributed by atoms with E-state index in [2.05, 4.69) is 4.90 Å². The van der Waals surface area contributed by atoms with Crippen molar-refractivity contribution in [1.82, 2.24) is 9.80 Å². The van der Waals surface area contributed by atoms with Gasteiger partial charge in [0.25, 0.3) is 10.0 Å². The number of aryl methyl sites for hydroxylation is 2. The molecular weight excluding hydrogens is 386 g/mol. The molecule has 1 heterocycles. The Labute approximate surface area is 173 Å². The van der Waals surface area contributed by atoms with Crippen LogP contribution in [0.5, 0.6) is 0 Å². The monoisotopic (exact) mass is 415 g/mol. The first-order chi connectivity index (χ1) is 13.7. The maximum Gasteiger partial charge on any atom is 0.264 e. The molecule has 0 unspecified atom stereocenters. The Morgan fingerprint density at radius 3 is 2.21 bits per heavy atom. The Kier molecular flexibility index (Phi) is 6.29. The average Bonchev–Trinajstić information content (AvgIpc) is 2.69. The van der Waals surface area contributed by atoms with Gasteiger partial charge in [-0.25, -0.2) is 8.42 Å². The molecule has 1 fully saturated rings. The molecule has 0 aromatic heterocycles. The molecule has 29 heavy (non-hydrogen) atoms. The van der Waals surface area contributed by atoms with Gasteiger partial charge in [-0.15, -0.1) is 0 Å². The van der Waals surface area contributed by atoms with Gasteiger partial charge in [0.2, 0.25) is 5.91 Å². The minimum absolute atomic E-state index is 0.172. The van der Waals surface area contributed by atoms with E-state index in [1.165, 1.54) is 4.31 Å². The van der Waals surface area contributed by atoms with Crippen LogP contribution in [0.25, 0.3) is 0 Å². The fourth-order valence-corrected chi connectivity index (χ4v) is 4.89. The smallest absolute Gasteiger partial charge is 0.264 e. The van der Waals surface area contributed by atoms with Crippen LogP contribution in [-0.4, -0.2) is 63.9 Å². The number of hydrogen-bond acceptors (Lipinski definition) is 4. The molecule has 6 nitrogen and oxygen atoms in total. The highest BCUT2D eigenvalue weighted by molar-refractivity contribution is 7.92. The highest BCUT2D eigenvalue weighted by atomic mass is 32.2. The molecule has 1 aliphatic heterocycles. The van der Waals surface area contributed by atoms with E-state index in [1.54, 1.807) is 35.2 Å². The highest BCUT2D eigenvalue weighted by Crippen LogP contribution is 2.29. The van der Waals surface area contributed by atoms with Crippen LogP contribution in [0, 0.1) is 20.8 Å². The van der Waals surface area contributed by atoms with Crippen molar-refractivity contribution in [3.63, 3.8) is 0 Å². The molecule has 0 N–H and O–H groups in total. The largest absolute Gasteiger partial charge is 0.339 e. The number of rotatable bonds is 5. The zero-order valence-corrected chi connectivity index (χ0v) is 18.4. The number of sulfonamides is 1. The van der Waals surface area contributed by atoms with Crippen molar-refractivity contribution in [3.8, 4) is 0 Å². The second-order valence-corrected chi connectivity index (χ2v) is 9.59. The van der Waals surface area contributed by atoms with Crippen LogP contribution < -0.4 is 4.31 Å². The van der Waals surface area contributed by atoms with E-state index in [0.717, 1.165) is 29.8 Å². The Hall–Kier alpha value is -2.38. The number of carbonyl (C=O) groups is 1. The lowest BCUT2D eigenvalue weighted by Crippen LogP contribution is -2.51. The predicted octanol–water partition coefficient (Wildman–Crippen LogP) is 2.58. The van der Waals surface area contributed by atoms with Gasteiger partial charge in [-0.3, -0.25) is 9.10 Å². The van der Waals surface area contributed by atoms with Gasteiger partial charge in [0.05, 0.1) is 10.6 Å². The summed E-state index contributed by atoms with van der Waals surface area (Å²) in [5, 5.41) is 0. The number of anilines is 1. The van der Waals surface area contributed by atoms with E-state index >= 15 is 0 Å². The van der Waals surface area contributed by atoms with Gasteiger partial charge in [0.15, 0.2) is 0 Å². The standard InChI is InChI=1S/C22H29N3O3S/c1-17-8-10-20(11-9-17)29(27,28)25(21-7-5-6-18(2)19(21)3)16-22(26)24-14-12-23(4)13-15-24/h5-11H,12-16H2,1-4H3. The van der Waals surface area contributed by atoms with E-state index < -0.39 is 10.0 Å². The maximum atomic E-state index is 13.5. The third-order valence-corrected chi connectivity index (χ3v) is 7.36. The van der Waals surface area contributed by atoms with Crippen molar-refractivity contribution in [2.75, 3.05) is 44.1 Å². The SMILES string of the molecule is Cc1ccc(S(=O)(=O)N(CC(=O)N2CCN(C)CC2)c2cccc(C)c2C)cc1. The van der Waals surface area contributed by atoms with Crippen LogP contribution in [0.15, 0.2) is 47.4 Å². The lowest BCUT2D eigenvalue weighted by Gasteiger charge is -2.34. The van der Waals surface area contributed by atoms with E-state index in [9.17, 15) is 13.2 Å². The fourth-order valence-electron chi connectivity index (χ4n) is 3.42. The lowest BCUT2D eigenvalue weighted by molar-refractivity contribution is -0.131. The Morgan fingerprint density at radius 1 is 0.966 bits per heavy atom. The van der Waals surface area contributed by atoms with Gasteiger partial charge in [0.1, 0.15) is 6.54 Å². The molecule has 7 heteroatoms. The van der Waals surface area contributed by atoms with E-state index in [-0.39, 0.29) is 17.3 Å². The zero-order chi connectivity index (χ0) is 21.2. The normalized spacial score (nSPS) is 15.4. The molecule has 2 aromatic rings. The molecule has 3 rings (SSSR count). The second-order valence-electron chi connectivity index (χ2n) is 7.73. The topological polar surface area (TPSA) is 60.9 Å². The highest BCUT2D eigenvalue weighted by Gasteiger charge is 2.30. The third-order valence-electron chi connectivity index (χ3n) is 5.59. The predicted molar refractivity (Wildman–Crippen MR) is 116 cm³/mol. The zero-order valence-electron chi connectivity index (χ0n) is 17.6. The number of amides is 1. The van der Waals surface area contributed by atoms with Crippen LogP contribution in [0.1, 0.15) is 16.7 Å². The van der Waals surface area contributed by atoms with Gasteiger partial charge in [-0.05, 0) is 57.1 Å². The van der Waals surface area contributed by atoms with Crippen molar-refractivity contribution in [2.45, 2.75) is 25.7 Å². The summed E-state index contributed by atoms with van der Waals surface area (Å²) in [6.07, 6.45) is 0. The molecular formula is C22H29N3O3S. The second kappa shape index (κ2) is 8.55. The summed E-state index contributed by atoms with van der Waals surface area (Å²) in [5.74, 6) is -0.172. The van der Waals surface area contributed by atoms with Crippen molar-refractivity contribution >= 4 is 21.6 Å². The molecule has 0 saturated carbocycles. The number of nitrogens with zero attached hydrogens (tertiary/aromatic N) is 3. The van der Waals surface area contributed by atoms with Crippen molar-refractivity contribution < 1.29 is 13.2 Å². The van der Waals surface area contributed by atoms with E-state index in [1.807, 2.05) is 40.0 Å². The van der Waals surface area contributed by atoms with Gasteiger partial charge in [-0.1, -0.05) is 29.8 Å². The first-order valence-corrected chi connectivity index (χ1v) is 11.3. The van der Waals surface area contributed by atoms with E-state index in [0.29, 0.717) is 18.8 Å². The number of carbonyl (C=O) groups excluding carboxylic acids is 1. The summed E-state index contributed by atoms with van der Waals surface area (Å²) in [6.45, 7) is 8.35. The third kappa shape index (κ3) is 4.62. The van der Waals surface area contributed by atoms with E-state index in [4.69, 9.17) is 0 Å². The molecule has 156 valence electrons. The number of piperazine rings is 1. The van der Waals surface area contributed by atoms with Crippen molar-refractivity contribution in [1.29, 1.82) is 0 Å².